The number of carbonyl (C=O) groups is 2. The smallest absolute Gasteiger partial charge is 0.261 e. The summed E-state index contributed by atoms with van der Waals surface area (Å²) in [5.74, 6) is -0.127. The van der Waals surface area contributed by atoms with Crippen molar-refractivity contribution in [1.82, 2.24) is 4.98 Å². The molecule has 0 unspecified atom stereocenters. The average Bonchev–Trinajstić information content (AvgIpc) is 3.35. The summed E-state index contributed by atoms with van der Waals surface area (Å²) in [6, 6.07) is 21.6. The fraction of sp³-hybridized carbons (Fsp3) is 0.0714. The van der Waals surface area contributed by atoms with Gasteiger partial charge in [-0.3, -0.25) is 19.7 Å². The predicted octanol–water partition coefficient (Wildman–Crippen LogP) is 6.10. The Labute approximate surface area is 210 Å². The van der Waals surface area contributed by atoms with Gasteiger partial charge in [0, 0.05) is 34.7 Å². The Hall–Kier alpha value is -4.56. The Bertz CT molecular complexity index is 1650. The Balaban J connectivity index is 1.45. The lowest BCUT2D eigenvalue weighted by Gasteiger charge is -2.10. The molecule has 0 radical (unpaired) electrons. The van der Waals surface area contributed by atoms with Gasteiger partial charge in [0.25, 0.3) is 5.91 Å². The van der Waals surface area contributed by atoms with Gasteiger partial charge in [-0.2, -0.15) is 0 Å². The van der Waals surface area contributed by atoms with E-state index in [0.717, 1.165) is 11.1 Å². The first-order chi connectivity index (χ1) is 17.4. The number of rotatable bonds is 5. The minimum absolute atomic E-state index is 0.142. The number of hydrogen-bond donors (Lipinski definition) is 2. The van der Waals surface area contributed by atoms with E-state index in [1.807, 2.05) is 47.8 Å². The van der Waals surface area contributed by atoms with Gasteiger partial charge in [0.2, 0.25) is 5.91 Å². The van der Waals surface area contributed by atoms with E-state index in [2.05, 4.69) is 15.6 Å². The van der Waals surface area contributed by atoms with Crippen LogP contribution in [-0.2, 0) is 4.79 Å². The van der Waals surface area contributed by atoms with Gasteiger partial charge in [-0.1, -0.05) is 48.5 Å². The molecule has 0 saturated heterocycles. The van der Waals surface area contributed by atoms with E-state index in [9.17, 15) is 14.4 Å². The molecule has 0 atom stereocenters. The summed E-state index contributed by atoms with van der Waals surface area (Å²) in [6.45, 7) is 3.17. The highest BCUT2D eigenvalue weighted by molar-refractivity contribution is 7.14. The Kier molecular flexibility index (Phi) is 6.18. The zero-order chi connectivity index (χ0) is 25.2. The molecule has 0 aliphatic carbocycles. The summed E-state index contributed by atoms with van der Waals surface area (Å²) < 4.78 is 6.15. The molecule has 8 heteroatoms. The van der Waals surface area contributed by atoms with Crippen molar-refractivity contribution in [2.45, 2.75) is 13.8 Å². The number of hydrogen-bond acceptors (Lipinski definition) is 6. The molecule has 7 nitrogen and oxygen atoms in total. The summed E-state index contributed by atoms with van der Waals surface area (Å²) in [7, 11) is 0. The van der Waals surface area contributed by atoms with E-state index in [1.165, 1.54) is 18.3 Å². The van der Waals surface area contributed by atoms with E-state index < -0.39 is 5.91 Å². The van der Waals surface area contributed by atoms with Crippen molar-refractivity contribution in [3.8, 4) is 22.6 Å². The van der Waals surface area contributed by atoms with Crippen molar-refractivity contribution in [1.29, 1.82) is 0 Å². The molecular formula is C28H21N3O4S. The second kappa shape index (κ2) is 9.59. The molecule has 0 spiro atoms. The number of thiazole rings is 1. The summed E-state index contributed by atoms with van der Waals surface area (Å²) in [5.41, 5.74) is 3.78. The van der Waals surface area contributed by atoms with Gasteiger partial charge < -0.3 is 9.73 Å². The van der Waals surface area contributed by atoms with Crippen LogP contribution in [0.3, 0.4) is 0 Å². The maximum Gasteiger partial charge on any atom is 0.261 e. The summed E-state index contributed by atoms with van der Waals surface area (Å²) in [4.78, 5) is 42.0. The van der Waals surface area contributed by atoms with Gasteiger partial charge in [-0.15, -0.1) is 11.3 Å². The van der Waals surface area contributed by atoms with Crippen LogP contribution < -0.4 is 16.1 Å². The minimum atomic E-state index is -0.423. The first-order valence-electron chi connectivity index (χ1n) is 11.2. The van der Waals surface area contributed by atoms with Crippen molar-refractivity contribution < 1.29 is 14.0 Å². The van der Waals surface area contributed by atoms with Crippen LogP contribution >= 0.6 is 11.3 Å². The van der Waals surface area contributed by atoms with Crippen LogP contribution in [0.25, 0.3) is 33.6 Å². The summed E-state index contributed by atoms with van der Waals surface area (Å²) in [6.07, 6.45) is 0. The summed E-state index contributed by atoms with van der Waals surface area (Å²) in [5, 5.41) is 8.14. The van der Waals surface area contributed by atoms with Crippen LogP contribution in [0.5, 0.6) is 0 Å². The van der Waals surface area contributed by atoms with E-state index in [0.29, 0.717) is 33.2 Å². The first kappa shape index (κ1) is 23.2. The maximum absolute atomic E-state index is 13.2. The molecule has 0 aliphatic heterocycles. The molecule has 3 aromatic carbocycles. The summed E-state index contributed by atoms with van der Waals surface area (Å²) >= 11 is 1.29. The first-order valence-corrected chi connectivity index (χ1v) is 12.1. The lowest BCUT2D eigenvalue weighted by atomic mass is 10.0. The third kappa shape index (κ3) is 4.54. The average molecular weight is 496 g/mol. The molecule has 0 bridgehead atoms. The molecular weight excluding hydrogens is 474 g/mol. The second-order valence-electron chi connectivity index (χ2n) is 8.18. The Morgan fingerprint density at radius 3 is 2.36 bits per heavy atom. The molecule has 0 fully saturated rings. The van der Waals surface area contributed by atoms with Gasteiger partial charge in [0.15, 0.2) is 16.1 Å². The van der Waals surface area contributed by atoms with E-state index in [1.54, 1.807) is 37.3 Å². The van der Waals surface area contributed by atoms with Gasteiger partial charge >= 0.3 is 0 Å². The molecule has 0 saturated carbocycles. The molecule has 0 aliphatic rings. The van der Waals surface area contributed by atoms with Crippen LogP contribution in [0, 0.1) is 6.92 Å². The highest BCUT2D eigenvalue weighted by Crippen LogP contribution is 2.29. The largest absolute Gasteiger partial charge is 0.455 e. The van der Waals surface area contributed by atoms with Crippen molar-refractivity contribution in [2.24, 2.45) is 0 Å². The zero-order valence-electron chi connectivity index (χ0n) is 19.5. The van der Waals surface area contributed by atoms with E-state index >= 15 is 0 Å². The molecule has 2 amide bonds. The topological polar surface area (TPSA) is 101 Å². The number of amides is 2. The van der Waals surface area contributed by atoms with Crippen LogP contribution in [0.2, 0.25) is 0 Å². The fourth-order valence-corrected chi connectivity index (χ4v) is 4.62. The number of anilines is 2. The van der Waals surface area contributed by atoms with E-state index in [4.69, 9.17) is 4.42 Å². The normalized spacial score (nSPS) is 10.8. The molecule has 178 valence electrons. The van der Waals surface area contributed by atoms with Crippen LogP contribution in [0.15, 0.2) is 87.4 Å². The molecule has 5 rings (SSSR count). The van der Waals surface area contributed by atoms with Crippen LogP contribution in [0.1, 0.15) is 22.8 Å². The number of nitrogens with zero attached hydrogens (tertiary/aromatic N) is 1. The van der Waals surface area contributed by atoms with Crippen molar-refractivity contribution >= 4 is 44.9 Å². The molecule has 2 aromatic heterocycles. The third-order valence-corrected chi connectivity index (χ3v) is 6.41. The molecule has 36 heavy (non-hydrogen) atoms. The number of carbonyl (C=O) groups excluding carboxylic acids is 2. The number of benzene rings is 3. The molecule has 2 N–H and O–H groups in total. The number of aromatic nitrogens is 1. The Morgan fingerprint density at radius 1 is 0.889 bits per heavy atom. The minimum Gasteiger partial charge on any atom is -0.455 e. The van der Waals surface area contributed by atoms with Gasteiger partial charge in [-0.25, -0.2) is 4.98 Å². The molecule has 5 aromatic rings. The van der Waals surface area contributed by atoms with Gasteiger partial charge in [0.1, 0.15) is 5.76 Å². The van der Waals surface area contributed by atoms with Gasteiger partial charge in [-0.05, 0) is 31.2 Å². The maximum atomic E-state index is 13.2. The van der Waals surface area contributed by atoms with E-state index in [-0.39, 0.29) is 22.5 Å². The lowest BCUT2D eigenvalue weighted by molar-refractivity contribution is -0.114. The monoisotopic (exact) mass is 495 g/mol. The standard InChI is InChI=1S/C28H21N3O4S/c1-16-24(33)21-9-6-10-22(26(21)35-25(16)19-7-4-3-5-8-19)27(34)31-28-30-23(15-36-28)18-11-13-20(14-12-18)29-17(2)32/h3-15H,1-2H3,(H,29,32)(H,30,31,34). The highest BCUT2D eigenvalue weighted by Gasteiger charge is 2.19. The van der Waals surface area contributed by atoms with Crippen molar-refractivity contribution in [3.05, 3.63) is 99.5 Å². The lowest BCUT2D eigenvalue weighted by Crippen LogP contribution is -2.14. The SMILES string of the molecule is CC(=O)Nc1ccc(-c2csc(NC(=O)c3cccc4c(=O)c(C)c(-c5ccccc5)oc34)n2)cc1. The third-order valence-electron chi connectivity index (χ3n) is 5.65. The number of para-hydroxylation sites is 1. The molecule has 2 heterocycles. The highest BCUT2D eigenvalue weighted by atomic mass is 32.1. The number of nitrogens with one attached hydrogen (secondary N) is 2. The fourth-order valence-electron chi connectivity index (χ4n) is 3.91. The predicted molar refractivity (Wildman–Crippen MR) is 142 cm³/mol. The van der Waals surface area contributed by atoms with Gasteiger partial charge in [0.05, 0.1) is 16.6 Å². The Morgan fingerprint density at radius 2 is 1.64 bits per heavy atom. The quantitative estimate of drug-likeness (QED) is 0.307. The second-order valence-corrected chi connectivity index (χ2v) is 9.04. The van der Waals surface area contributed by atoms with Crippen LogP contribution in [-0.4, -0.2) is 16.8 Å². The van der Waals surface area contributed by atoms with Crippen molar-refractivity contribution in [3.63, 3.8) is 0 Å². The number of fused-ring (bicyclic) bond motifs is 1. The zero-order valence-corrected chi connectivity index (χ0v) is 20.3. The van der Waals surface area contributed by atoms with Crippen molar-refractivity contribution in [2.75, 3.05) is 10.6 Å². The van der Waals surface area contributed by atoms with Crippen LogP contribution in [0.4, 0.5) is 10.8 Å².